The number of halogens is 3. The number of oxazole rings is 1. The van der Waals surface area contributed by atoms with Crippen molar-refractivity contribution in [2.75, 3.05) is 0 Å². The molecule has 5 aromatic rings. The first-order chi connectivity index (χ1) is 19.6. The third-order valence-electron chi connectivity index (χ3n) is 6.46. The van der Waals surface area contributed by atoms with Gasteiger partial charge in [-0.3, -0.25) is 4.79 Å². The lowest BCUT2D eigenvalue weighted by atomic mass is 10.00. The Labute approximate surface area is 234 Å². The molecule has 5 rings (SSSR count). The van der Waals surface area contributed by atoms with Crippen LogP contribution in [0.3, 0.4) is 0 Å². The summed E-state index contributed by atoms with van der Waals surface area (Å²) >= 11 is 0. The molecule has 0 unspecified atom stereocenters. The molecule has 41 heavy (non-hydrogen) atoms. The maximum absolute atomic E-state index is 12.7. The van der Waals surface area contributed by atoms with Gasteiger partial charge in [-0.2, -0.15) is 18.4 Å². The van der Waals surface area contributed by atoms with Crippen LogP contribution >= 0.6 is 0 Å². The fourth-order valence-electron chi connectivity index (χ4n) is 4.25. The van der Waals surface area contributed by atoms with Gasteiger partial charge in [-0.1, -0.05) is 26.0 Å². The Kier molecular flexibility index (Phi) is 7.49. The molecule has 206 valence electrons. The highest BCUT2D eigenvalue weighted by Gasteiger charge is 2.30. The van der Waals surface area contributed by atoms with E-state index in [2.05, 4.69) is 16.4 Å². The molecule has 0 bridgehead atoms. The summed E-state index contributed by atoms with van der Waals surface area (Å²) in [4.78, 5) is 17.3. The second-order valence-electron chi connectivity index (χ2n) is 9.73. The number of nitrogens with zero attached hydrogens (tertiary/aromatic N) is 2. The summed E-state index contributed by atoms with van der Waals surface area (Å²) in [6.45, 7) is 4.32. The van der Waals surface area contributed by atoms with Gasteiger partial charge in [0.25, 0.3) is 5.91 Å². The van der Waals surface area contributed by atoms with Gasteiger partial charge in [-0.15, -0.1) is 0 Å². The molecule has 1 heterocycles. The van der Waals surface area contributed by atoms with Crippen molar-refractivity contribution in [2.45, 2.75) is 32.5 Å². The fraction of sp³-hybridized carbons (Fsp3) is 0.156. The number of fused-ring (bicyclic) bond motifs is 1. The van der Waals surface area contributed by atoms with Crippen molar-refractivity contribution in [1.82, 2.24) is 10.3 Å². The maximum atomic E-state index is 12.7. The van der Waals surface area contributed by atoms with Gasteiger partial charge in [0, 0.05) is 23.2 Å². The van der Waals surface area contributed by atoms with Crippen LogP contribution in [0.1, 0.15) is 52.4 Å². The molecule has 1 amide bonds. The van der Waals surface area contributed by atoms with E-state index in [9.17, 15) is 23.2 Å². The number of aromatic nitrogens is 1. The first kappa shape index (κ1) is 27.5. The third-order valence-corrected chi connectivity index (χ3v) is 6.46. The maximum Gasteiger partial charge on any atom is 0.416 e. The van der Waals surface area contributed by atoms with Crippen molar-refractivity contribution in [3.05, 3.63) is 113 Å². The number of ether oxygens (including phenoxy) is 1. The van der Waals surface area contributed by atoms with Gasteiger partial charge in [0.05, 0.1) is 17.2 Å². The zero-order valence-corrected chi connectivity index (χ0v) is 22.1. The van der Waals surface area contributed by atoms with E-state index in [1.165, 1.54) is 12.1 Å². The normalized spacial score (nSPS) is 11.4. The lowest BCUT2D eigenvalue weighted by Gasteiger charge is -2.10. The first-order valence-electron chi connectivity index (χ1n) is 12.8. The van der Waals surface area contributed by atoms with E-state index in [1.807, 2.05) is 19.9 Å². The minimum atomic E-state index is -4.40. The van der Waals surface area contributed by atoms with Crippen LogP contribution in [-0.2, 0) is 12.7 Å². The molecule has 1 N–H and O–H groups in total. The lowest BCUT2D eigenvalue weighted by Crippen LogP contribution is -2.22. The first-order valence-corrected chi connectivity index (χ1v) is 12.8. The van der Waals surface area contributed by atoms with Crippen molar-refractivity contribution in [2.24, 2.45) is 0 Å². The molecular weight excluding hydrogens is 531 g/mol. The van der Waals surface area contributed by atoms with Crippen LogP contribution in [0, 0.1) is 11.3 Å². The van der Waals surface area contributed by atoms with Crippen molar-refractivity contribution in [1.29, 1.82) is 5.26 Å². The van der Waals surface area contributed by atoms with E-state index in [0.717, 1.165) is 23.3 Å². The summed E-state index contributed by atoms with van der Waals surface area (Å²) in [6, 6.07) is 23.9. The summed E-state index contributed by atoms with van der Waals surface area (Å²) in [6.07, 6.45) is -4.40. The highest BCUT2D eigenvalue weighted by molar-refractivity contribution is 5.94. The van der Waals surface area contributed by atoms with E-state index < -0.39 is 11.7 Å². The van der Waals surface area contributed by atoms with Gasteiger partial charge < -0.3 is 14.5 Å². The predicted octanol–water partition coefficient (Wildman–Crippen LogP) is 8.23. The van der Waals surface area contributed by atoms with Gasteiger partial charge in [-0.05, 0) is 84.3 Å². The molecule has 0 radical (unpaired) electrons. The largest absolute Gasteiger partial charge is 0.457 e. The average molecular weight is 556 g/mol. The Morgan fingerprint density at radius 1 is 0.976 bits per heavy atom. The number of rotatable bonds is 7. The van der Waals surface area contributed by atoms with Crippen LogP contribution in [0.5, 0.6) is 11.5 Å². The van der Waals surface area contributed by atoms with Crippen molar-refractivity contribution in [3.8, 4) is 29.0 Å². The predicted molar refractivity (Wildman–Crippen MR) is 147 cm³/mol. The van der Waals surface area contributed by atoms with E-state index in [4.69, 9.17) is 9.15 Å². The van der Waals surface area contributed by atoms with Crippen molar-refractivity contribution in [3.63, 3.8) is 0 Å². The second-order valence-corrected chi connectivity index (χ2v) is 9.73. The van der Waals surface area contributed by atoms with Crippen LogP contribution in [0.2, 0.25) is 0 Å². The molecule has 0 aliphatic heterocycles. The summed E-state index contributed by atoms with van der Waals surface area (Å²) in [5, 5.41) is 12.2. The molecule has 0 spiro atoms. The molecule has 9 heteroatoms. The fourth-order valence-corrected chi connectivity index (χ4v) is 4.25. The Balaban J connectivity index is 1.20. The molecular formula is C32H24F3N3O3. The Morgan fingerprint density at radius 2 is 1.61 bits per heavy atom. The third kappa shape index (κ3) is 6.23. The average Bonchev–Trinajstić information content (AvgIpc) is 3.40. The second kappa shape index (κ2) is 11.2. The number of hydrogen-bond donors (Lipinski definition) is 1. The Hall–Kier alpha value is -5.10. The molecule has 0 atom stereocenters. The van der Waals surface area contributed by atoms with E-state index >= 15 is 0 Å². The van der Waals surface area contributed by atoms with Gasteiger partial charge in [0.2, 0.25) is 5.89 Å². The standard InChI is InChI=1S/C32H24F3N3O3/c1-19(2)27-15-21(17-36)16-28-29(27)41-31(38-28)23-7-5-22(6-8-23)30(39)37-18-20-3-11-25(12-4-20)40-26-13-9-24(10-14-26)32(33,34)35/h3-16,19H,18H2,1-2H3,(H,37,39). The number of alkyl halides is 3. The molecule has 0 saturated heterocycles. The van der Waals surface area contributed by atoms with Gasteiger partial charge in [-0.25, -0.2) is 4.98 Å². The lowest BCUT2D eigenvalue weighted by molar-refractivity contribution is -0.137. The van der Waals surface area contributed by atoms with E-state index in [-0.39, 0.29) is 24.1 Å². The molecule has 0 fully saturated rings. The van der Waals surface area contributed by atoms with E-state index in [1.54, 1.807) is 54.6 Å². The van der Waals surface area contributed by atoms with Crippen molar-refractivity contribution < 1.29 is 27.1 Å². The van der Waals surface area contributed by atoms with Crippen LogP contribution in [0.4, 0.5) is 13.2 Å². The number of benzene rings is 4. The summed E-state index contributed by atoms with van der Waals surface area (Å²) in [5.41, 5.74) is 3.93. The minimum Gasteiger partial charge on any atom is -0.457 e. The number of amides is 1. The zero-order chi connectivity index (χ0) is 29.1. The highest BCUT2D eigenvalue weighted by atomic mass is 19.4. The Morgan fingerprint density at radius 3 is 2.20 bits per heavy atom. The van der Waals surface area contributed by atoms with Crippen LogP contribution < -0.4 is 10.1 Å². The zero-order valence-electron chi connectivity index (χ0n) is 22.1. The number of carbonyl (C=O) groups excluding carboxylic acids is 1. The highest BCUT2D eigenvalue weighted by Crippen LogP contribution is 2.33. The molecule has 0 saturated carbocycles. The SMILES string of the molecule is CC(C)c1cc(C#N)cc2nc(-c3ccc(C(=O)NCc4ccc(Oc5ccc(C(F)(F)F)cc5)cc4)cc3)oc12. The van der Waals surface area contributed by atoms with Crippen LogP contribution in [0.15, 0.2) is 89.3 Å². The summed E-state index contributed by atoms with van der Waals surface area (Å²) in [7, 11) is 0. The van der Waals surface area contributed by atoms with Crippen molar-refractivity contribution >= 4 is 17.0 Å². The smallest absolute Gasteiger partial charge is 0.416 e. The molecule has 0 aliphatic carbocycles. The molecule has 0 aliphatic rings. The molecule has 6 nitrogen and oxygen atoms in total. The number of hydrogen-bond acceptors (Lipinski definition) is 5. The number of carbonyl (C=O) groups is 1. The molecule has 4 aromatic carbocycles. The number of nitriles is 1. The minimum absolute atomic E-state index is 0.153. The topological polar surface area (TPSA) is 88.2 Å². The van der Waals surface area contributed by atoms with Gasteiger partial charge >= 0.3 is 6.18 Å². The van der Waals surface area contributed by atoms with E-state index in [0.29, 0.717) is 39.4 Å². The number of nitrogens with one attached hydrogen (secondary N) is 1. The quantitative estimate of drug-likeness (QED) is 0.219. The summed E-state index contributed by atoms with van der Waals surface area (Å²) in [5.74, 6) is 1.04. The summed E-state index contributed by atoms with van der Waals surface area (Å²) < 4.78 is 49.8. The van der Waals surface area contributed by atoms with Crippen LogP contribution in [0.25, 0.3) is 22.6 Å². The van der Waals surface area contributed by atoms with Gasteiger partial charge in [0.1, 0.15) is 17.0 Å². The van der Waals surface area contributed by atoms with Gasteiger partial charge in [0.15, 0.2) is 5.58 Å². The van der Waals surface area contributed by atoms with Crippen LogP contribution in [-0.4, -0.2) is 10.9 Å². The monoisotopic (exact) mass is 555 g/mol. The molecule has 1 aromatic heterocycles. The Bertz CT molecular complexity index is 1730.